The summed E-state index contributed by atoms with van der Waals surface area (Å²) < 4.78 is 36.6. The average Bonchev–Trinajstić information content (AvgIpc) is 2.60. The molecule has 3 nitrogen and oxygen atoms in total. The molecule has 1 rings (SSSR count). The summed E-state index contributed by atoms with van der Waals surface area (Å²) in [4.78, 5) is 0. The Morgan fingerprint density at radius 1 is 1.35 bits per heavy atom. The molecular weight excluding hydrogens is 228 g/mol. The third kappa shape index (κ3) is 4.48. The molecule has 17 heavy (non-hydrogen) atoms. The number of nitrogens with one attached hydrogen (secondary N) is 1. The fourth-order valence-electron chi connectivity index (χ4n) is 2.58. The van der Waals surface area contributed by atoms with Gasteiger partial charge in [0.15, 0.2) is 6.29 Å². The van der Waals surface area contributed by atoms with E-state index in [1.165, 1.54) is 0 Å². The quantitative estimate of drug-likeness (QED) is 0.705. The number of halogens is 2. The first kappa shape index (κ1) is 14.8. The molecule has 1 N–H and O–H groups in total. The lowest BCUT2D eigenvalue weighted by Crippen LogP contribution is -2.43. The van der Waals surface area contributed by atoms with Crippen LogP contribution in [0.25, 0.3) is 0 Å². The molecule has 0 bridgehead atoms. The van der Waals surface area contributed by atoms with Crippen molar-refractivity contribution in [2.75, 3.05) is 20.8 Å². The molecule has 2 atom stereocenters. The van der Waals surface area contributed by atoms with E-state index in [4.69, 9.17) is 9.47 Å². The van der Waals surface area contributed by atoms with Crippen LogP contribution in [0.1, 0.15) is 32.6 Å². The Labute approximate surface area is 102 Å². The van der Waals surface area contributed by atoms with E-state index in [2.05, 4.69) is 5.32 Å². The zero-order valence-corrected chi connectivity index (χ0v) is 10.8. The molecule has 0 spiro atoms. The molecule has 5 heteroatoms. The number of methoxy groups -OCH3 is 2. The second-order valence-electron chi connectivity index (χ2n) is 4.70. The highest BCUT2D eigenvalue weighted by atomic mass is 19.3. The van der Waals surface area contributed by atoms with Crippen molar-refractivity contribution in [1.29, 1.82) is 0 Å². The van der Waals surface area contributed by atoms with Gasteiger partial charge in [-0.1, -0.05) is 6.92 Å². The zero-order valence-electron chi connectivity index (χ0n) is 10.8. The van der Waals surface area contributed by atoms with Crippen LogP contribution in [0, 0.1) is 5.92 Å². The molecule has 1 aliphatic carbocycles. The highest BCUT2D eigenvalue weighted by Crippen LogP contribution is 2.41. The van der Waals surface area contributed by atoms with E-state index < -0.39 is 5.92 Å². The second-order valence-corrected chi connectivity index (χ2v) is 4.70. The second kappa shape index (κ2) is 6.61. The monoisotopic (exact) mass is 251 g/mol. The number of alkyl halides is 2. The standard InChI is InChI=1S/C12H23F2NO2/c1-4-15-10(11(16-2)17-3)7-9-5-6-12(13,14)8-9/h9-11,15H,4-8H2,1-3H3. The van der Waals surface area contributed by atoms with Crippen LogP contribution in [0.2, 0.25) is 0 Å². The van der Waals surface area contributed by atoms with Crippen LogP contribution in [-0.4, -0.2) is 39.0 Å². The van der Waals surface area contributed by atoms with E-state index in [0.717, 1.165) is 6.54 Å². The van der Waals surface area contributed by atoms with E-state index in [0.29, 0.717) is 12.8 Å². The van der Waals surface area contributed by atoms with Gasteiger partial charge in [-0.15, -0.1) is 0 Å². The summed E-state index contributed by atoms with van der Waals surface area (Å²) in [5.74, 6) is -2.42. The Hall–Kier alpha value is -0.260. The highest BCUT2D eigenvalue weighted by Gasteiger charge is 2.40. The van der Waals surface area contributed by atoms with Crippen LogP contribution in [0.4, 0.5) is 8.78 Å². The van der Waals surface area contributed by atoms with Crippen molar-refractivity contribution in [3.05, 3.63) is 0 Å². The fraction of sp³-hybridized carbons (Fsp3) is 1.00. The van der Waals surface area contributed by atoms with Crippen molar-refractivity contribution in [2.24, 2.45) is 5.92 Å². The summed E-state index contributed by atoms with van der Waals surface area (Å²) in [6.45, 7) is 2.76. The first-order chi connectivity index (χ1) is 8.02. The molecule has 0 aromatic heterocycles. The Morgan fingerprint density at radius 3 is 2.41 bits per heavy atom. The Bertz CT molecular complexity index is 223. The van der Waals surface area contributed by atoms with Crippen molar-refractivity contribution in [2.45, 2.75) is 50.9 Å². The molecule has 0 saturated heterocycles. The van der Waals surface area contributed by atoms with Crippen molar-refractivity contribution in [3.8, 4) is 0 Å². The molecule has 0 radical (unpaired) electrons. The van der Waals surface area contributed by atoms with Gasteiger partial charge in [0.05, 0.1) is 6.04 Å². The van der Waals surface area contributed by atoms with Crippen LogP contribution in [0.3, 0.4) is 0 Å². The number of hydrogen-bond acceptors (Lipinski definition) is 3. The van der Waals surface area contributed by atoms with Gasteiger partial charge in [0.1, 0.15) is 0 Å². The maximum absolute atomic E-state index is 13.1. The van der Waals surface area contributed by atoms with Crippen molar-refractivity contribution in [1.82, 2.24) is 5.32 Å². The van der Waals surface area contributed by atoms with E-state index in [-0.39, 0.29) is 31.1 Å². The van der Waals surface area contributed by atoms with Gasteiger partial charge in [0.2, 0.25) is 5.92 Å². The Kier molecular flexibility index (Phi) is 5.76. The predicted octanol–water partition coefficient (Wildman–Crippen LogP) is 2.41. The number of likely N-dealkylation sites (N-methyl/N-ethyl adjacent to an activating group) is 1. The van der Waals surface area contributed by atoms with Gasteiger partial charge >= 0.3 is 0 Å². The Balaban J connectivity index is 2.49. The molecular formula is C12H23F2NO2. The normalized spacial score (nSPS) is 25.4. The first-order valence-corrected chi connectivity index (χ1v) is 6.19. The van der Waals surface area contributed by atoms with Gasteiger partial charge in [-0.05, 0) is 25.3 Å². The zero-order chi connectivity index (χ0) is 12.9. The molecule has 2 unspecified atom stereocenters. The molecule has 1 fully saturated rings. The van der Waals surface area contributed by atoms with Crippen LogP contribution in [-0.2, 0) is 9.47 Å². The largest absolute Gasteiger partial charge is 0.354 e. The summed E-state index contributed by atoms with van der Waals surface area (Å²) >= 11 is 0. The maximum atomic E-state index is 13.1. The minimum atomic E-state index is -2.48. The van der Waals surface area contributed by atoms with Gasteiger partial charge in [-0.3, -0.25) is 0 Å². The van der Waals surface area contributed by atoms with Crippen LogP contribution >= 0.6 is 0 Å². The molecule has 1 saturated carbocycles. The van der Waals surface area contributed by atoms with Gasteiger partial charge < -0.3 is 14.8 Å². The third-order valence-corrected chi connectivity index (χ3v) is 3.35. The lowest BCUT2D eigenvalue weighted by molar-refractivity contribution is -0.126. The van der Waals surface area contributed by atoms with Crippen LogP contribution in [0.15, 0.2) is 0 Å². The topological polar surface area (TPSA) is 30.5 Å². The summed E-state index contributed by atoms with van der Waals surface area (Å²) in [5, 5.41) is 3.24. The van der Waals surface area contributed by atoms with E-state index in [1.54, 1.807) is 14.2 Å². The molecule has 0 heterocycles. The number of hydrogen-bond donors (Lipinski definition) is 1. The molecule has 0 aromatic rings. The van der Waals surface area contributed by atoms with Gasteiger partial charge in [0, 0.05) is 27.1 Å². The summed E-state index contributed by atoms with van der Waals surface area (Å²) in [6, 6.07) is -0.0195. The lowest BCUT2D eigenvalue weighted by Gasteiger charge is -2.27. The summed E-state index contributed by atoms with van der Waals surface area (Å²) in [5.41, 5.74) is 0. The fourth-order valence-corrected chi connectivity index (χ4v) is 2.58. The van der Waals surface area contributed by atoms with Crippen molar-refractivity contribution >= 4 is 0 Å². The molecule has 1 aliphatic rings. The smallest absolute Gasteiger partial charge is 0.248 e. The van der Waals surface area contributed by atoms with Crippen LogP contribution < -0.4 is 5.32 Å². The van der Waals surface area contributed by atoms with Gasteiger partial charge in [-0.2, -0.15) is 0 Å². The summed E-state index contributed by atoms with van der Waals surface area (Å²) in [7, 11) is 3.14. The minimum Gasteiger partial charge on any atom is -0.354 e. The lowest BCUT2D eigenvalue weighted by atomic mass is 9.97. The van der Waals surface area contributed by atoms with Gasteiger partial charge in [0.25, 0.3) is 0 Å². The van der Waals surface area contributed by atoms with E-state index >= 15 is 0 Å². The molecule has 102 valence electrons. The molecule has 0 amide bonds. The highest BCUT2D eigenvalue weighted by molar-refractivity contribution is 4.85. The molecule has 0 aromatic carbocycles. The predicted molar refractivity (Wildman–Crippen MR) is 62.2 cm³/mol. The number of rotatable bonds is 7. The van der Waals surface area contributed by atoms with Crippen LogP contribution in [0.5, 0.6) is 0 Å². The van der Waals surface area contributed by atoms with Gasteiger partial charge in [-0.25, -0.2) is 8.78 Å². The Morgan fingerprint density at radius 2 is 2.00 bits per heavy atom. The average molecular weight is 251 g/mol. The van der Waals surface area contributed by atoms with Crippen molar-refractivity contribution < 1.29 is 18.3 Å². The third-order valence-electron chi connectivity index (χ3n) is 3.35. The minimum absolute atomic E-state index is 0.00492. The van der Waals surface area contributed by atoms with E-state index in [1.807, 2.05) is 6.92 Å². The summed E-state index contributed by atoms with van der Waals surface area (Å²) in [6.07, 6.45) is 0.908. The SMILES string of the molecule is CCNC(CC1CCC(F)(F)C1)C(OC)OC. The first-order valence-electron chi connectivity index (χ1n) is 6.19. The maximum Gasteiger partial charge on any atom is 0.248 e. The molecule has 0 aliphatic heterocycles. The van der Waals surface area contributed by atoms with Crippen molar-refractivity contribution in [3.63, 3.8) is 0 Å². The van der Waals surface area contributed by atoms with E-state index in [9.17, 15) is 8.78 Å². The number of ether oxygens (including phenoxy) is 2.